The normalized spacial score (nSPS) is 13.8. The first kappa shape index (κ1) is 16.1. The molecule has 0 N–H and O–H groups in total. The van der Waals surface area contributed by atoms with Crippen molar-refractivity contribution in [2.75, 3.05) is 21.1 Å². The average molecular weight is 270 g/mol. The fourth-order valence-electron chi connectivity index (χ4n) is 2.25. The van der Waals surface area contributed by atoms with E-state index < -0.39 is 0 Å². The molecule has 1 rings (SSSR count). The summed E-state index contributed by atoms with van der Waals surface area (Å²) in [7, 11) is 6.37. The van der Waals surface area contributed by atoms with Crippen molar-refractivity contribution in [3.8, 4) is 0 Å². The van der Waals surface area contributed by atoms with Gasteiger partial charge in [-0.25, -0.2) is 4.48 Å². The van der Waals surface area contributed by atoms with Crippen molar-refractivity contribution >= 4 is 11.5 Å². The van der Waals surface area contributed by atoms with Crippen molar-refractivity contribution in [2.45, 2.75) is 13.8 Å². The molecular weight excluding hydrogens is 244 g/mol. The van der Waals surface area contributed by atoms with Gasteiger partial charge in [0.1, 0.15) is 12.7 Å². The minimum Gasteiger partial charge on any atom is -0.212 e. The Balaban J connectivity index is 3.51. The summed E-state index contributed by atoms with van der Waals surface area (Å²) in [4.78, 5) is 0. The Labute approximate surface area is 123 Å². The molecule has 0 saturated heterocycles. The fourth-order valence-corrected chi connectivity index (χ4v) is 2.25. The van der Waals surface area contributed by atoms with Crippen LogP contribution >= 0.6 is 0 Å². The van der Waals surface area contributed by atoms with Crippen LogP contribution in [0.4, 0.5) is 0 Å². The van der Waals surface area contributed by atoms with Crippen LogP contribution in [0.1, 0.15) is 18.1 Å². The molecule has 2 nitrogen and oxygen atoms in total. The SMILES string of the molecule is C=C/C=C(/c1ccccc1C)[N+](C)(C)C(C)=[N+](C)C=C. The predicted molar refractivity (Wildman–Crippen MR) is 88.5 cm³/mol. The predicted octanol–water partition coefficient (Wildman–Crippen LogP) is 3.80. The molecule has 0 heterocycles. The first-order chi connectivity index (χ1) is 9.36. The maximum absolute atomic E-state index is 3.86. The van der Waals surface area contributed by atoms with Gasteiger partial charge in [0.2, 0.25) is 0 Å². The highest BCUT2D eigenvalue weighted by molar-refractivity contribution is 5.77. The monoisotopic (exact) mass is 270 g/mol. The molecule has 0 saturated carbocycles. The van der Waals surface area contributed by atoms with E-state index in [1.807, 2.05) is 19.3 Å². The minimum absolute atomic E-state index is 0.652. The van der Waals surface area contributed by atoms with E-state index >= 15 is 0 Å². The van der Waals surface area contributed by atoms with Crippen LogP contribution in [-0.4, -0.2) is 36.0 Å². The van der Waals surface area contributed by atoms with Gasteiger partial charge >= 0.3 is 5.84 Å². The van der Waals surface area contributed by atoms with Crippen molar-refractivity contribution in [2.24, 2.45) is 0 Å². The van der Waals surface area contributed by atoms with E-state index in [0.717, 1.165) is 0 Å². The van der Waals surface area contributed by atoms with Gasteiger partial charge in [-0.05, 0) is 31.2 Å². The average Bonchev–Trinajstić information content (AvgIpc) is 2.43. The van der Waals surface area contributed by atoms with Gasteiger partial charge in [-0.15, -0.1) is 0 Å². The molecule has 0 radical (unpaired) electrons. The van der Waals surface area contributed by atoms with Crippen LogP contribution in [0.5, 0.6) is 0 Å². The Hall–Kier alpha value is -1.93. The molecule has 20 heavy (non-hydrogen) atoms. The van der Waals surface area contributed by atoms with E-state index in [0.29, 0.717) is 4.48 Å². The highest BCUT2D eigenvalue weighted by Crippen LogP contribution is 2.27. The van der Waals surface area contributed by atoms with Crippen LogP contribution in [0.25, 0.3) is 5.70 Å². The topological polar surface area (TPSA) is 3.01 Å². The maximum atomic E-state index is 3.86. The molecule has 1 aromatic carbocycles. The summed E-state index contributed by atoms with van der Waals surface area (Å²) in [6.07, 6.45) is 5.77. The second-order valence-corrected chi connectivity index (χ2v) is 5.40. The lowest BCUT2D eigenvalue weighted by Crippen LogP contribution is -2.45. The van der Waals surface area contributed by atoms with Crippen LogP contribution < -0.4 is 0 Å². The molecule has 0 aliphatic heterocycles. The smallest absolute Gasteiger partial charge is 0.212 e. The van der Waals surface area contributed by atoms with E-state index in [4.69, 9.17) is 0 Å². The first-order valence-electron chi connectivity index (χ1n) is 6.79. The number of amidine groups is 1. The Morgan fingerprint density at radius 1 is 1.20 bits per heavy atom. The van der Waals surface area contributed by atoms with Crippen molar-refractivity contribution in [1.82, 2.24) is 0 Å². The molecule has 2 heteroatoms. The van der Waals surface area contributed by atoms with Crippen LogP contribution in [0.2, 0.25) is 0 Å². The molecule has 1 aromatic rings. The van der Waals surface area contributed by atoms with Gasteiger partial charge < -0.3 is 0 Å². The summed E-state index contributed by atoms with van der Waals surface area (Å²) in [5.74, 6) is 1.19. The third-order valence-corrected chi connectivity index (χ3v) is 3.89. The number of hydrogen-bond donors (Lipinski definition) is 0. The second kappa shape index (κ2) is 6.49. The molecule has 106 valence electrons. The molecule has 0 amide bonds. The standard InChI is InChI=1S/C18H26N2/c1-8-12-18(17-14-11-10-13-15(17)3)20(6,7)16(4)19(5)9-2/h8-14H,1-2H2,3-7H3/q+2/b18-12-,19-16?. The van der Waals surface area contributed by atoms with E-state index in [2.05, 4.69) is 76.0 Å². The summed E-state index contributed by atoms with van der Waals surface area (Å²) in [6.45, 7) is 12.0. The highest BCUT2D eigenvalue weighted by atomic mass is 15.4. The van der Waals surface area contributed by atoms with Gasteiger partial charge in [0.15, 0.2) is 6.20 Å². The Kier molecular flexibility index (Phi) is 5.23. The lowest BCUT2D eigenvalue weighted by Gasteiger charge is -2.28. The summed E-state index contributed by atoms with van der Waals surface area (Å²) in [5, 5.41) is 0. The van der Waals surface area contributed by atoms with Crippen molar-refractivity contribution in [3.05, 3.63) is 66.9 Å². The molecule has 0 unspecified atom stereocenters. The Bertz CT molecular complexity index is 575. The van der Waals surface area contributed by atoms with Crippen LogP contribution in [-0.2, 0) is 0 Å². The van der Waals surface area contributed by atoms with Gasteiger partial charge in [0.25, 0.3) is 0 Å². The van der Waals surface area contributed by atoms with E-state index in [1.54, 1.807) is 0 Å². The summed E-state index contributed by atoms with van der Waals surface area (Å²) in [6, 6.07) is 8.44. The van der Waals surface area contributed by atoms with Gasteiger partial charge in [-0.2, -0.15) is 4.58 Å². The van der Waals surface area contributed by atoms with E-state index in [-0.39, 0.29) is 0 Å². The fraction of sp³-hybridized carbons (Fsp3) is 0.278. The number of aryl methyl sites for hydroxylation is 1. The largest absolute Gasteiger partial charge is 0.344 e. The van der Waals surface area contributed by atoms with Gasteiger partial charge in [0.05, 0.1) is 21.0 Å². The lowest BCUT2D eigenvalue weighted by molar-refractivity contribution is -0.750. The zero-order chi connectivity index (χ0) is 15.3. The second-order valence-electron chi connectivity index (χ2n) is 5.40. The summed E-state index contributed by atoms with van der Waals surface area (Å²) < 4.78 is 2.70. The zero-order valence-electron chi connectivity index (χ0n) is 13.4. The third-order valence-electron chi connectivity index (χ3n) is 3.89. The molecule has 0 aromatic heterocycles. The van der Waals surface area contributed by atoms with E-state index in [1.165, 1.54) is 22.7 Å². The van der Waals surface area contributed by atoms with Crippen LogP contribution in [0, 0.1) is 6.92 Å². The molecule has 0 aliphatic rings. The Morgan fingerprint density at radius 2 is 1.80 bits per heavy atom. The summed E-state index contributed by atoms with van der Waals surface area (Å²) >= 11 is 0. The van der Waals surface area contributed by atoms with Crippen LogP contribution in [0.15, 0.2) is 55.8 Å². The van der Waals surface area contributed by atoms with Crippen LogP contribution in [0.3, 0.4) is 0 Å². The molecular formula is C18H26N2+2. The summed E-state index contributed by atoms with van der Waals surface area (Å²) in [5.41, 5.74) is 3.72. The Morgan fingerprint density at radius 3 is 2.30 bits per heavy atom. The number of benzene rings is 1. The molecule has 0 spiro atoms. The number of rotatable bonds is 4. The molecule has 0 atom stereocenters. The first-order valence-corrected chi connectivity index (χ1v) is 6.79. The number of hydrogen-bond acceptors (Lipinski definition) is 0. The zero-order valence-corrected chi connectivity index (χ0v) is 13.4. The van der Waals surface area contributed by atoms with Crippen molar-refractivity contribution < 1.29 is 9.06 Å². The van der Waals surface area contributed by atoms with Gasteiger partial charge in [-0.1, -0.05) is 30.9 Å². The quantitative estimate of drug-likeness (QED) is 0.257. The molecule has 0 bridgehead atoms. The minimum atomic E-state index is 0.652. The lowest BCUT2D eigenvalue weighted by atomic mass is 10.0. The molecule has 0 aliphatic carbocycles. The highest BCUT2D eigenvalue weighted by Gasteiger charge is 2.33. The third kappa shape index (κ3) is 3.14. The number of allylic oxidation sites excluding steroid dienone is 2. The number of quaternary nitrogens is 1. The van der Waals surface area contributed by atoms with Crippen molar-refractivity contribution in [1.29, 1.82) is 0 Å². The van der Waals surface area contributed by atoms with Gasteiger partial charge in [-0.3, -0.25) is 0 Å². The van der Waals surface area contributed by atoms with Crippen molar-refractivity contribution in [3.63, 3.8) is 0 Å². The number of nitrogens with zero attached hydrogens (tertiary/aromatic N) is 2. The van der Waals surface area contributed by atoms with Gasteiger partial charge in [0, 0.05) is 5.56 Å². The molecule has 0 fully saturated rings. The maximum Gasteiger partial charge on any atom is 0.344 e. The van der Waals surface area contributed by atoms with E-state index in [9.17, 15) is 0 Å².